The summed E-state index contributed by atoms with van der Waals surface area (Å²) >= 11 is 0. The maximum atomic E-state index is 11.6. The van der Waals surface area contributed by atoms with Gasteiger partial charge in [-0.15, -0.1) is 0 Å². The Hall–Kier alpha value is -1.16. The molecule has 4 heteroatoms. The van der Waals surface area contributed by atoms with E-state index in [4.69, 9.17) is 10.2 Å². The van der Waals surface area contributed by atoms with Gasteiger partial charge in [0, 0.05) is 18.8 Å². The van der Waals surface area contributed by atoms with Crippen molar-refractivity contribution in [1.82, 2.24) is 0 Å². The normalized spacial score (nSPS) is 27.5. The van der Waals surface area contributed by atoms with Crippen molar-refractivity contribution >= 4 is 11.8 Å². The molecule has 3 atom stereocenters. The van der Waals surface area contributed by atoms with Crippen LogP contribution in [0.2, 0.25) is 0 Å². The van der Waals surface area contributed by atoms with Crippen LogP contribution in [-0.4, -0.2) is 28.1 Å². The minimum atomic E-state index is -0.843. The molecule has 0 radical (unpaired) electrons. The largest absolute Gasteiger partial charge is 0.481 e. The number of carbonyl (C=O) groups excluding carboxylic acids is 1. The molecule has 0 saturated heterocycles. The Bertz CT molecular complexity index is 293. The molecule has 90 valence electrons. The summed E-state index contributed by atoms with van der Waals surface area (Å²) in [5.74, 6) is -0.902. The molecule has 0 spiro atoms. The van der Waals surface area contributed by atoms with Gasteiger partial charge in [0.25, 0.3) is 0 Å². The number of rotatable bonds is 5. The fraction of sp³-hybridized carbons (Fsp3) is 0.667. The maximum absolute atomic E-state index is 11.6. The van der Waals surface area contributed by atoms with Crippen molar-refractivity contribution in [2.24, 2.45) is 11.8 Å². The van der Waals surface area contributed by atoms with Crippen LogP contribution in [0.3, 0.4) is 0 Å². The molecule has 1 aliphatic rings. The highest BCUT2D eigenvalue weighted by atomic mass is 16.4. The fourth-order valence-corrected chi connectivity index (χ4v) is 2.19. The molecule has 0 aliphatic heterocycles. The fourth-order valence-electron chi connectivity index (χ4n) is 2.19. The number of aliphatic hydroxyl groups excluding tert-OH is 1. The number of carbonyl (C=O) groups is 2. The Labute approximate surface area is 95.0 Å². The summed E-state index contributed by atoms with van der Waals surface area (Å²) in [4.78, 5) is 22.2. The van der Waals surface area contributed by atoms with Gasteiger partial charge < -0.3 is 10.2 Å². The molecule has 0 amide bonds. The van der Waals surface area contributed by atoms with Gasteiger partial charge in [-0.25, -0.2) is 0 Å². The molecular weight excluding hydrogens is 208 g/mol. The number of carboxylic acids is 1. The van der Waals surface area contributed by atoms with E-state index in [0.717, 1.165) is 0 Å². The van der Waals surface area contributed by atoms with Crippen molar-refractivity contribution < 1.29 is 19.8 Å². The molecule has 1 aliphatic carbocycles. The second-order valence-corrected chi connectivity index (χ2v) is 4.37. The lowest BCUT2D eigenvalue weighted by Gasteiger charge is -2.14. The van der Waals surface area contributed by atoms with Gasteiger partial charge in [0.15, 0.2) is 0 Å². The molecule has 1 fully saturated rings. The predicted octanol–water partition coefficient (Wildman–Crippen LogP) is 1.38. The van der Waals surface area contributed by atoms with Gasteiger partial charge in [0.1, 0.15) is 5.78 Å². The number of ketones is 1. The molecule has 0 aromatic heterocycles. The summed E-state index contributed by atoms with van der Waals surface area (Å²) in [7, 11) is 0. The van der Waals surface area contributed by atoms with Crippen molar-refractivity contribution in [2.45, 2.75) is 38.7 Å². The first-order chi connectivity index (χ1) is 7.50. The van der Waals surface area contributed by atoms with Gasteiger partial charge in [-0.3, -0.25) is 9.59 Å². The van der Waals surface area contributed by atoms with Crippen LogP contribution in [0.25, 0.3) is 0 Å². The van der Waals surface area contributed by atoms with Gasteiger partial charge >= 0.3 is 5.97 Å². The Morgan fingerprint density at radius 2 is 2.31 bits per heavy atom. The third kappa shape index (κ3) is 3.77. The van der Waals surface area contributed by atoms with Crippen LogP contribution in [-0.2, 0) is 9.59 Å². The summed E-state index contributed by atoms with van der Waals surface area (Å²) in [6.07, 6.45) is 4.66. The molecule has 16 heavy (non-hydrogen) atoms. The van der Waals surface area contributed by atoms with E-state index in [2.05, 4.69) is 0 Å². The Balaban J connectivity index is 2.53. The van der Waals surface area contributed by atoms with Crippen LogP contribution in [0, 0.1) is 11.8 Å². The zero-order valence-corrected chi connectivity index (χ0v) is 9.43. The number of carboxylic acid groups (broad SMARTS) is 1. The SMILES string of the molecule is CC(O)/C=C\C[C@H]1C(=O)CC[C@@H]1CC(=O)O. The topological polar surface area (TPSA) is 74.6 Å². The summed E-state index contributed by atoms with van der Waals surface area (Å²) in [6, 6.07) is 0. The molecule has 0 bridgehead atoms. The van der Waals surface area contributed by atoms with Gasteiger partial charge in [-0.2, -0.15) is 0 Å². The monoisotopic (exact) mass is 226 g/mol. The summed E-state index contributed by atoms with van der Waals surface area (Å²) < 4.78 is 0. The van der Waals surface area contributed by atoms with E-state index in [1.54, 1.807) is 19.1 Å². The Morgan fingerprint density at radius 1 is 1.62 bits per heavy atom. The van der Waals surface area contributed by atoms with E-state index in [9.17, 15) is 9.59 Å². The van der Waals surface area contributed by atoms with E-state index >= 15 is 0 Å². The van der Waals surface area contributed by atoms with Gasteiger partial charge in [0.2, 0.25) is 0 Å². The van der Waals surface area contributed by atoms with Crippen molar-refractivity contribution in [3.05, 3.63) is 12.2 Å². The lowest BCUT2D eigenvalue weighted by Crippen LogP contribution is -2.17. The highest BCUT2D eigenvalue weighted by Crippen LogP contribution is 2.33. The zero-order valence-electron chi connectivity index (χ0n) is 9.43. The number of hydrogen-bond donors (Lipinski definition) is 2. The van der Waals surface area contributed by atoms with Crippen molar-refractivity contribution in [3.8, 4) is 0 Å². The summed E-state index contributed by atoms with van der Waals surface area (Å²) in [5.41, 5.74) is 0. The third-order valence-corrected chi connectivity index (χ3v) is 2.99. The lowest BCUT2D eigenvalue weighted by molar-refractivity contribution is -0.138. The minimum Gasteiger partial charge on any atom is -0.481 e. The molecule has 4 nitrogen and oxygen atoms in total. The Kier molecular flexibility index (Phi) is 4.68. The molecule has 0 aromatic carbocycles. The van der Waals surface area contributed by atoms with E-state index in [-0.39, 0.29) is 24.0 Å². The highest BCUT2D eigenvalue weighted by molar-refractivity contribution is 5.84. The minimum absolute atomic E-state index is 0.0383. The van der Waals surface area contributed by atoms with Crippen molar-refractivity contribution in [1.29, 1.82) is 0 Å². The first-order valence-corrected chi connectivity index (χ1v) is 5.60. The van der Waals surface area contributed by atoms with Gasteiger partial charge in [0.05, 0.1) is 6.10 Å². The van der Waals surface area contributed by atoms with Crippen molar-refractivity contribution in [3.63, 3.8) is 0 Å². The number of aliphatic hydroxyl groups is 1. The van der Waals surface area contributed by atoms with Crippen LogP contribution >= 0.6 is 0 Å². The van der Waals surface area contributed by atoms with Crippen LogP contribution in [0.5, 0.6) is 0 Å². The molecule has 0 aromatic rings. The smallest absolute Gasteiger partial charge is 0.303 e. The standard InChI is InChI=1S/C12H18O4/c1-8(13)3-2-4-10-9(7-12(15)16)5-6-11(10)14/h2-3,8-10,13H,4-7H2,1H3,(H,15,16)/b3-2-/t8?,9-,10-/m1/s1. The number of hydrogen-bond acceptors (Lipinski definition) is 3. The van der Waals surface area contributed by atoms with E-state index in [0.29, 0.717) is 19.3 Å². The highest BCUT2D eigenvalue weighted by Gasteiger charge is 2.34. The summed E-state index contributed by atoms with van der Waals surface area (Å²) in [6.45, 7) is 1.64. The van der Waals surface area contributed by atoms with Gasteiger partial charge in [-0.05, 0) is 25.7 Å². The first-order valence-electron chi connectivity index (χ1n) is 5.60. The number of Topliss-reactive ketones (excluding diaryl/α,β-unsaturated/α-hetero) is 1. The first kappa shape index (κ1) is 12.9. The molecule has 2 N–H and O–H groups in total. The van der Waals surface area contributed by atoms with Crippen molar-refractivity contribution in [2.75, 3.05) is 0 Å². The zero-order chi connectivity index (χ0) is 12.1. The second kappa shape index (κ2) is 5.80. The lowest BCUT2D eigenvalue weighted by atomic mass is 9.89. The van der Waals surface area contributed by atoms with E-state index in [1.807, 2.05) is 0 Å². The molecule has 1 rings (SSSR count). The average molecular weight is 226 g/mol. The van der Waals surface area contributed by atoms with Crippen LogP contribution < -0.4 is 0 Å². The van der Waals surface area contributed by atoms with Crippen LogP contribution in [0.1, 0.15) is 32.6 Å². The molecule has 1 unspecified atom stereocenters. The van der Waals surface area contributed by atoms with Crippen LogP contribution in [0.15, 0.2) is 12.2 Å². The van der Waals surface area contributed by atoms with E-state index < -0.39 is 12.1 Å². The molecule has 0 heterocycles. The average Bonchev–Trinajstić information content (AvgIpc) is 2.48. The van der Waals surface area contributed by atoms with E-state index in [1.165, 1.54) is 0 Å². The number of aliphatic carboxylic acids is 1. The summed E-state index contributed by atoms with van der Waals surface area (Å²) in [5, 5.41) is 17.8. The van der Waals surface area contributed by atoms with Gasteiger partial charge in [-0.1, -0.05) is 12.2 Å². The molecule has 1 saturated carbocycles. The van der Waals surface area contributed by atoms with Crippen LogP contribution in [0.4, 0.5) is 0 Å². The second-order valence-electron chi connectivity index (χ2n) is 4.37. The Morgan fingerprint density at radius 3 is 2.88 bits per heavy atom. The third-order valence-electron chi connectivity index (χ3n) is 2.99. The molecular formula is C12H18O4. The predicted molar refractivity (Wildman–Crippen MR) is 58.9 cm³/mol. The number of allylic oxidation sites excluding steroid dienone is 1. The quantitative estimate of drug-likeness (QED) is 0.694. The maximum Gasteiger partial charge on any atom is 0.303 e.